The molecule has 0 saturated carbocycles. The standard InChI is InChI=1S/C17H34O2S/c1-3-4-5-6-7-8-9-10-11-12-13-14-15-16-20-19-17(2)18/h3-16H2,1-2H3. The molecule has 0 saturated heterocycles. The van der Waals surface area contributed by atoms with E-state index in [2.05, 4.69) is 6.92 Å². The van der Waals surface area contributed by atoms with Crippen LogP contribution in [-0.4, -0.2) is 11.7 Å². The maximum atomic E-state index is 10.5. The van der Waals surface area contributed by atoms with Crippen molar-refractivity contribution in [2.75, 3.05) is 5.75 Å². The summed E-state index contributed by atoms with van der Waals surface area (Å²) >= 11 is 1.29. The first kappa shape index (κ1) is 19.8. The van der Waals surface area contributed by atoms with E-state index in [0.717, 1.165) is 12.2 Å². The van der Waals surface area contributed by atoms with E-state index in [1.54, 1.807) is 0 Å². The molecule has 0 fully saturated rings. The van der Waals surface area contributed by atoms with Gasteiger partial charge in [-0.1, -0.05) is 84.0 Å². The Kier molecular flexibility index (Phi) is 16.7. The van der Waals surface area contributed by atoms with Crippen LogP contribution in [0.4, 0.5) is 0 Å². The molecule has 3 heteroatoms. The van der Waals surface area contributed by atoms with E-state index in [1.807, 2.05) is 0 Å². The average Bonchev–Trinajstić information content (AvgIpc) is 2.43. The fourth-order valence-electron chi connectivity index (χ4n) is 2.30. The molecule has 0 aromatic carbocycles. The lowest BCUT2D eigenvalue weighted by atomic mass is 10.1. The number of rotatable bonds is 15. The summed E-state index contributed by atoms with van der Waals surface area (Å²) in [4.78, 5) is 10.5. The first-order valence-corrected chi connectivity index (χ1v) is 9.48. The van der Waals surface area contributed by atoms with Gasteiger partial charge < -0.3 is 4.18 Å². The van der Waals surface area contributed by atoms with Gasteiger partial charge in [0.15, 0.2) is 0 Å². The third kappa shape index (κ3) is 17.8. The van der Waals surface area contributed by atoms with Crippen molar-refractivity contribution in [3.05, 3.63) is 0 Å². The lowest BCUT2D eigenvalue weighted by Crippen LogP contribution is -1.91. The van der Waals surface area contributed by atoms with Crippen molar-refractivity contribution in [1.82, 2.24) is 0 Å². The molecule has 0 N–H and O–H groups in total. The van der Waals surface area contributed by atoms with Gasteiger partial charge in [0.05, 0.1) is 12.0 Å². The van der Waals surface area contributed by atoms with Gasteiger partial charge in [-0.3, -0.25) is 4.79 Å². The van der Waals surface area contributed by atoms with Gasteiger partial charge in [-0.05, 0) is 6.42 Å². The van der Waals surface area contributed by atoms with E-state index in [0.29, 0.717) is 0 Å². The first-order valence-electron chi connectivity index (χ1n) is 8.57. The monoisotopic (exact) mass is 302 g/mol. The van der Waals surface area contributed by atoms with Crippen molar-refractivity contribution in [3.63, 3.8) is 0 Å². The molecule has 0 radical (unpaired) electrons. The Labute approximate surface area is 130 Å². The summed E-state index contributed by atoms with van der Waals surface area (Å²) in [5, 5.41) is 0. The summed E-state index contributed by atoms with van der Waals surface area (Å²) in [5.41, 5.74) is 0. The molecule has 2 nitrogen and oxygen atoms in total. The second-order valence-corrected chi connectivity index (χ2v) is 6.45. The van der Waals surface area contributed by atoms with Crippen LogP contribution in [-0.2, 0) is 8.98 Å². The predicted octanol–water partition coefficient (Wildman–Crippen LogP) is 6.29. The van der Waals surface area contributed by atoms with Crippen LogP contribution >= 0.6 is 12.0 Å². The van der Waals surface area contributed by atoms with Crippen LogP contribution in [0.15, 0.2) is 0 Å². The smallest absolute Gasteiger partial charge is 0.314 e. The first-order chi connectivity index (χ1) is 9.77. The number of hydrogen-bond donors (Lipinski definition) is 0. The largest absolute Gasteiger partial charge is 0.392 e. The Balaban J connectivity index is 2.94. The van der Waals surface area contributed by atoms with Gasteiger partial charge in [0.2, 0.25) is 0 Å². The van der Waals surface area contributed by atoms with Crippen LogP contribution in [0.3, 0.4) is 0 Å². The van der Waals surface area contributed by atoms with Crippen molar-refractivity contribution in [3.8, 4) is 0 Å². The van der Waals surface area contributed by atoms with Gasteiger partial charge in [-0.15, -0.1) is 0 Å². The molecule has 0 aromatic heterocycles. The number of carbonyl (C=O) groups is 1. The molecule has 0 amide bonds. The minimum absolute atomic E-state index is 0.190. The fraction of sp³-hybridized carbons (Fsp3) is 0.941. The van der Waals surface area contributed by atoms with E-state index in [9.17, 15) is 4.79 Å². The Bertz CT molecular complexity index is 207. The molecular weight excluding hydrogens is 268 g/mol. The van der Waals surface area contributed by atoms with Crippen molar-refractivity contribution < 1.29 is 8.98 Å². The van der Waals surface area contributed by atoms with Crippen molar-refractivity contribution in [2.24, 2.45) is 0 Å². The predicted molar refractivity (Wildman–Crippen MR) is 89.9 cm³/mol. The summed E-state index contributed by atoms with van der Waals surface area (Å²) < 4.78 is 4.83. The molecule has 0 atom stereocenters. The molecule has 0 unspecified atom stereocenters. The molecule has 0 aromatic rings. The van der Waals surface area contributed by atoms with Crippen molar-refractivity contribution >= 4 is 18.0 Å². The highest BCUT2D eigenvalue weighted by molar-refractivity contribution is 7.95. The third-order valence-electron chi connectivity index (χ3n) is 3.51. The Morgan fingerprint density at radius 2 is 1.15 bits per heavy atom. The number of carbonyl (C=O) groups excluding carboxylic acids is 1. The van der Waals surface area contributed by atoms with Gasteiger partial charge in [0.1, 0.15) is 0 Å². The highest BCUT2D eigenvalue weighted by Crippen LogP contribution is 2.13. The fourth-order valence-corrected chi connectivity index (χ4v) is 2.87. The quantitative estimate of drug-likeness (QED) is 0.263. The molecule has 0 aliphatic carbocycles. The lowest BCUT2D eigenvalue weighted by molar-refractivity contribution is -0.130. The van der Waals surface area contributed by atoms with E-state index in [1.165, 1.54) is 96.0 Å². The van der Waals surface area contributed by atoms with Gasteiger partial charge in [-0.2, -0.15) is 0 Å². The average molecular weight is 303 g/mol. The molecule has 0 spiro atoms. The topological polar surface area (TPSA) is 26.3 Å². The normalized spacial score (nSPS) is 10.7. The molecule has 0 rings (SSSR count). The lowest BCUT2D eigenvalue weighted by Gasteiger charge is -2.03. The van der Waals surface area contributed by atoms with Crippen LogP contribution in [0.2, 0.25) is 0 Å². The maximum absolute atomic E-state index is 10.5. The summed E-state index contributed by atoms with van der Waals surface area (Å²) in [7, 11) is 0. The highest BCUT2D eigenvalue weighted by Gasteiger charge is 1.96. The maximum Gasteiger partial charge on any atom is 0.314 e. The zero-order valence-electron chi connectivity index (χ0n) is 13.6. The van der Waals surface area contributed by atoms with Gasteiger partial charge >= 0.3 is 5.97 Å². The molecule has 0 heterocycles. The Hall–Kier alpha value is -0.180. The zero-order chi connectivity index (χ0) is 14.9. The summed E-state index contributed by atoms with van der Waals surface area (Å²) in [6.45, 7) is 3.73. The SMILES string of the molecule is CCCCCCCCCCCCCCCSOC(C)=O. The van der Waals surface area contributed by atoms with E-state index >= 15 is 0 Å². The highest BCUT2D eigenvalue weighted by atomic mass is 32.2. The van der Waals surface area contributed by atoms with Gasteiger partial charge in [0, 0.05) is 12.7 Å². The van der Waals surface area contributed by atoms with Crippen LogP contribution in [0.25, 0.3) is 0 Å². The molecule has 120 valence electrons. The molecule has 0 bridgehead atoms. The van der Waals surface area contributed by atoms with Crippen LogP contribution in [0.1, 0.15) is 97.3 Å². The Morgan fingerprint density at radius 1 is 0.750 bits per heavy atom. The number of unbranched alkanes of at least 4 members (excludes halogenated alkanes) is 12. The molecule has 20 heavy (non-hydrogen) atoms. The van der Waals surface area contributed by atoms with Crippen molar-refractivity contribution in [2.45, 2.75) is 97.3 Å². The summed E-state index contributed by atoms with van der Waals surface area (Å²) in [6, 6.07) is 0. The number of hydrogen-bond acceptors (Lipinski definition) is 3. The molecular formula is C17H34O2S. The van der Waals surface area contributed by atoms with E-state index in [-0.39, 0.29) is 5.97 Å². The molecule has 0 aliphatic rings. The van der Waals surface area contributed by atoms with E-state index in [4.69, 9.17) is 4.18 Å². The zero-order valence-corrected chi connectivity index (χ0v) is 14.4. The Morgan fingerprint density at radius 3 is 1.55 bits per heavy atom. The van der Waals surface area contributed by atoms with Gasteiger partial charge in [-0.25, -0.2) is 0 Å². The van der Waals surface area contributed by atoms with Gasteiger partial charge in [0.25, 0.3) is 0 Å². The second-order valence-electron chi connectivity index (χ2n) is 5.64. The summed E-state index contributed by atoms with van der Waals surface area (Å²) in [5.74, 6) is 0.752. The minimum atomic E-state index is -0.190. The van der Waals surface area contributed by atoms with Crippen LogP contribution in [0, 0.1) is 0 Å². The van der Waals surface area contributed by atoms with Crippen molar-refractivity contribution in [1.29, 1.82) is 0 Å². The van der Waals surface area contributed by atoms with E-state index < -0.39 is 0 Å². The minimum Gasteiger partial charge on any atom is -0.392 e. The van der Waals surface area contributed by atoms with Crippen LogP contribution in [0.5, 0.6) is 0 Å². The summed E-state index contributed by atoms with van der Waals surface area (Å²) in [6.07, 6.45) is 17.9. The molecule has 0 aliphatic heterocycles. The third-order valence-corrected chi connectivity index (χ3v) is 4.32. The van der Waals surface area contributed by atoms with Crippen LogP contribution < -0.4 is 0 Å². The second kappa shape index (κ2) is 16.9.